The summed E-state index contributed by atoms with van der Waals surface area (Å²) < 4.78 is 41.5. The Balaban J connectivity index is 2.03. The molecule has 0 bridgehead atoms. The summed E-state index contributed by atoms with van der Waals surface area (Å²) in [6, 6.07) is 12.5. The Morgan fingerprint density at radius 1 is 1.00 bits per heavy atom. The van der Waals surface area contributed by atoms with E-state index in [0.29, 0.717) is 24.5 Å². The first-order valence-corrected chi connectivity index (χ1v) is 11.2. The molecule has 0 aromatic heterocycles. The van der Waals surface area contributed by atoms with Gasteiger partial charge in [-0.2, -0.15) is 0 Å². The lowest BCUT2D eigenvalue weighted by Gasteiger charge is -2.24. The Morgan fingerprint density at radius 2 is 1.70 bits per heavy atom. The minimum atomic E-state index is -3.73. The van der Waals surface area contributed by atoms with Gasteiger partial charge in [-0.05, 0) is 36.6 Å². The molecule has 2 aromatic carbocycles. The van der Waals surface area contributed by atoms with Gasteiger partial charge in [-0.25, -0.2) is 8.42 Å². The Morgan fingerprint density at radius 3 is 2.33 bits per heavy atom. The van der Waals surface area contributed by atoms with Gasteiger partial charge in [0.25, 0.3) is 0 Å². The summed E-state index contributed by atoms with van der Waals surface area (Å²) in [7, 11) is 0.797. The Labute approximate surface area is 177 Å². The average molecular weight is 437 g/mol. The second kappa shape index (κ2) is 10.7. The maximum atomic E-state index is 12.4. The van der Waals surface area contributed by atoms with E-state index in [4.69, 9.17) is 14.2 Å². The van der Waals surface area contributed by atoms with Crippen LogP contribution in [0, 0.1) is 0 Å². The third-order valence-electron chi connectivity index (χ3n) is 4.48. The number of ether oxygens (including phenoxy) is 3. The van der Waals surface area contributed by atoms with Crippen molar-refractivity contribution in [3.8, 4) is 17.2 Å². The van der Waals surface area contributed by atoms with E-state index < -0.39 is 15.9 Å². The second-order valence-electron chi connectivity index (χ2n) is 6.57. The highest BCUT2D eigenvalue weighted by Gasteiger charge is 2.24. The number of amides is 1. The van der Waals surface area contributed by atoms with Crippen LogP contribution in [0.15, 0.2) is 42.5 Å². The molecular formula is C21H28N2O6S. The van der Waals surface area contributed by atoms with E-state index in [1.54, 1.807) is 19.2 Å². The van der Waals surface area contributed by atoms with Gasteiger partial charge in [0.15, 0.2) is 0 Å². The van der Waals surface area contributed by atoms with Gasteiger partial charge in [0.2, 0.25) is 15.9 Å². The fraction of sp³-hybridized carbons (Fsp3) is 0.381. The molecule has 2 aromatic rings. The topological polar surface area (TPSA) is 94.2 Å². The SMILES string of the molecule is COc1ccc(OC)c(N(CC(=O)NCCCc2ccccc2OC)S(C)(=O)=O)c1. The summed E-state index contributed by atoms with van der Waals surface area (Å²) in [5.74, 6) is 1.17. The fourth-order valence-corrected chi connectivity index (χ4v) is 3.83. The van der Waals surface area contributed by atoms with Gasteiger partial charge >= 0.3 is 0 Å². The number of nitrogens with one attached hydrogen (secondary N) is 1. The quantitative estimate of drug-likeness (QED) is 0.543. The van der Waals surface area contributed by atoms with Gasteiger partial charge in [0, 0.05) is 12.6 Å². The molecule has 0 fully saturated rings. The first kappa shape index (κ1) is 23.3. The molecule has 8 nitrogen and oxygen atoms in total. The Kier molecular flexibility index (Phi) is 8.35. The first-order valence-electron chi connectivity index (χ1n) is 9.38. The van der Waals surface area contributed by atoms with Crippen LogP contribution in [0.4, 0.5) is 5.69 Å². The van der Waals surface area contributed by atoms with Crippen LogP contribution in [-0.4, -0.2) is 55.0 Å². The van der Waals surface area contributed by atoms with E-state index in [1.807, 2.05) is 24.3 Å². The van der Waals surface area contributed by atoms with Gasteiger partial charge in [-0.3, -0.25) is 9.10 Å². The Bertz CT molecular complexity index is 962. The van der Waals surface area contributed by atoms with Crippen LogP contribution in [-0.2, 0) is 21.2 Å². The van der Waals surface area contributed by atoms with Gasteiger partial charge in [0.05, 0.1) is 33.3 Å². The lowest BCUT2D eigenvalue weighted by Crippen LogP contribution is -2.40. The number of aryl methyl sites for hydroxylation is 1. The van der Waals surface area contributed by atoms with Crippen LogP contribution in [0.25, 0.3) is 0 Å². The van der Waals surface area contributed by atoms with Crippen LogP contribution in [0.5, 0.6) is 17.2 Å². The number of benzene rings is 2. The molecule has 0 atom stereocenters. The summed E-state index contributed by atoms with van der Waals surface area (Å²) in [6.07, 6.45) is 2.46. The third kappa shape index (κ3) is 6.28. The van der Waals surface area contributed by atoms with E-state index in [2.05, 4.69) is 5.32 Å². The number of rotatable bonds is 11. The number of nitrogens with zero attached hydrogens (tertiary/aromatic N) is 1. The number of carbonyl (C=O) groups is 1. The van der Waals surface area contributed by atoms with Crippen LogP contribution >= 0.6 is 0 Å². The summed E-state index contributed by atoms with van der Waals surface area (Å²) in [5.41, 5.74) is 1.29. The molecule has 164 valence electrons. The largest absolute Gasteiger partial charge is 0.497 e. The normalized spacial score (nSPS) is 10.9. The highest BCUT2D eigenvalue weighted by Crippen LogP contribution is 2.33. The van der Waals surface area contributed by atoms with Crippen molar-refractivity contribution in [2.24, 2.45) is 0 Å². The number of hydrogen-bond donors (Lipinski definition) is 1. The van der Waals surface area contributed by atoms with Crippen molar-refractivity contribution in [1.82, 2.24) is 5.32 Å². The number of hydrogen-bond acceptors (Lipinski definition) is 6. The third-order valence-corrected chi connectivity index (χ3v) is 5.61. The van der Waals surface area contributed by atoms with Crippen LogP contribution < -0.4 is 23.8 Å². The zero-order chi connectivity index (χ0) is 22.1. The molecule has 0 unspecified atom stereocenters. The summed E-state index contributed by atoms with van der Waals surface area (Å²) in [6.45, 7) is 0.0424. The molecule has 0 radical (unpaired) electrons. The molecule has 0 aliphatic heterocycles. The predicted molar refractivity (Wildman–Crippen MR) is 116 cm³/mol. The van der Waals surface area contributed by atoms with E-state index >= 15 is 0 Å². The molecule has 2 rings (SSSR count). The zero-order valence-electron chi connectivity index (χ0n) is 17.7. The Hall–Kier alpha value is -2.94. The van der Waals surface area contributed by atoms with Gasteiger partial charge in [-0.1, -0.05) is 18.2 Å². The fourth-order valence-electron chi connectivity index (χ4n) is 2.98. The molecule has 1 N–H and O–H groups in total. The van der Waals surface area contributed by atoms with Gasteiger partial charge in [0.1, 0.15) is 23.8 Å². The highest BCUT2D eigenvalue weighted by molar-refractivity contribution is 7.92. The summed E-state index contributed by atoms with van der Waals surface area (Å²) in [5, 5.41) is 2.77. The molecule has 9 heteroatoms. The number of sulfonamides is 1. The van der Waals surface area contributed by atoms with Crippen molar-refractivity contribution < 1.29 is 27.4 Å². The van der Waals surface area contributed by atoms with Crippen LogP contribution in [0.1, 0.15) is 12.0 Å². The minimum absolute atomic E-state index is 0.239. The second-order valence-corrected chi connectivity index (χ2v) is 8.48. The maximum absolute atomic E-state index is 12.4. The van der Waals surface area contributed by atoms with Crippen molar-refractivity contribution in [2.45, 2.75) is 12.8 Å². The van der Waals surface area contributed by atoms with Gasteiger partial charge in [-0.15, -0.1) is 0 Å². The van der Waals surface area contributed by atoms with Crippen molar-refractivity contribution in [2.75, 3.05) is 45.0 Å². The number of anilines is 1. The molecule has 1 amide bonds. The standard InChI is InChI=1S/C21H28N2O6S/c1-27-17-11-12-20(29-3)18(14-17)23(30(4,25)26)15-21(24)22-13-7-9-16-8-5-6-10-19(16)28-2/h5-6,8,10-12,14H,7,9,13,15H2,1-4H3,(H,22,24). The van der Waals surface area contributed by atoms with E-state index in [1.165, 1.54) is 20.3 Å². The minimum Gasteiger partial charge on any atom is -0.497 e. The molecule has 0 saturated carbocycles. The monoisotopic (exact) mass is 436 g/mol. The molecule has 0 aliphatic rings. The predicted octanol–water partition coefficient (Wildman–Crippen LogP) is 2.23. The number of para-hydroxylation sites is 1. The number of methoxy groups -OCH3 is 3. The van der Waals surface area contributed by atoms with E-state index in [-0.39, 0.29) is 12.2 Å². The molecular weight excluding hydrogens is 408 g/mol. The molecule has 0 aliphatic carbocycles. The maximum Gasteiger partial charge on any atom is 0.240 e. The highest BCUT2D eigenvalue weighted by atomic mass is 32.2. The molecule has 0 spiro atoms. The lowest BCUT2D eigenvalue weighted by molar-refractivity contribution is -0.119. The van der Waals surface area contributed by atoms with Crippen LogP contribution in [0.3, 0.4) is 0 Å². The average Bonchev–Trinajstić information content (AvgIpc) is 2.74. The van der Waals surface area contributed by atoms with Crippen molar-refractivity contribution in [3.63, 3.8) is 0 Å². The molecule has 0 heterocycles. The first-order chi connectivity index (χ1) is 14.3. The smallest absolute Gasteiger partial charge is 0.240 e. The lowest BCUT2D eigenvalue weighted by atomic mass is 10.1. The van der Waals surface area contributed by atoms with Crippen molar-refractivity contribution in [3.05, 3.63) is 48.0 Å². The summed E-state index contributed by atoms with van der Waals surface area (Å²) >= 11 is 0. The molecule has 0 saturated heterocycles. The molecule has 30 heavy (non-hydrogen) atoms. The number of carbonyl (C=O) groups excluding carboxylic acids is 1. The van der Waals surface area contributed by atoms with Crippen molar-refractivity contribution in [1.29, 1.82) is 0 Å². The van der Waals surface area contributed by atoms with E-state index in [9.17, 15) is 13.2 Å². The summed E-state index contributed by atoms with van der Waals surface area (Å²) in [4.78, 5) is 12.4. The van der Waals surface area contributed by atoms with Crippen molar-refractivity contribution >= 4 is 21.6 Å². The van der Waals surface area contributed by atoms with Gasteiger partial charge < -0.3 is 19.5 Å². The van der Waals surface area contributed by atoms with Crippen LogP contribution in [0.2, 0.25) is 0 Å². The van der Waals surface area contributed by atoms with E-state index in [0.717, 1.165) is 28.3 Å². The zero-order valence-corrected chi connectivity index (χ0v) is 18.5.